The number of nitrogens with zero attached hydrogens (tertiary/aromatic N) is 2. The Labute approximate surface area is 110 Å². The van der Waals surface area contributed by atoms with Crippen LogP contribution in [-0.4, -0.2) is 46.8 Å². The molecular weight excluding hydrogens is 244 g/mol. The fraction of sp³-hybridized carbons (Fsp3) is 0.385. The van der Waals surface area contributed by atoms with Gasteiger partial charge in [-0.15, -0.1) is 0 Å². The molecule has 6 nitrogen and oxygen atoms in total. The van der Waals surface area contributed by atoms with Crippen LogP contribution in [0.2, 0.25) is 0 Å². The summed E-state index contributed by atoms with van der Waals surface area (Å²) in [5.74, 6) is -0.0762. The molecule has 0 aliphatic carbocycles. The number of rotatable bonds is 1. The molecule has 2 heterocycles. The number of fused-ring (bicyclic) bond motifs is 1. The van der Waals surface area contributed by atoms with E-state index in [2.05, 4.69) is 10.2 Å². The first kappa shape index (κ1) is 12.0. The van der Waals surface area contributed by atoms with Crippen molar-refractivity contribution >= 4 is 22.5 Å². The molecule has 0 bridgehead atoms. The summed E-state index contributed by atoms with van der Waals surface area (Å²) in [4.78, 5) is 14.3. The largest absolute Gasteiger partial charge is 0.399 e. The lowest BCUT2D eigenvalue weighted by Gasteiger charge is -2.32. The number of H-pyrrole nitrogens is 1. The van der Waals surface area contributed by atoms with Crippen molar-refractivity contribution in [3.05, 3.63) is 23.9 Å². The summed E-state index contributed by atoms with van der Waals surface area (Å²) < 4.78 is 5.34. The second-order valence-corrected chi connectivity index (χ2v) is 4.80. The fourth-order valence-corrected chi connectivity index (χ4v) is 2.36. The summed E-state index contributed by atoms with van der Waals surface area (Å²) in [5.41, 5.74) is 7.64. The van der Waals surface area contributed by atoms with Gasteiger partial charge in [0.2, 0.25) is 0 Å². The smallest absolute Gasteiger partial charge is 0.275 e. The van der Waals surface area contributed by atoms with Gasteiger partial charge in [0.1, 0.15) is 0 Å². The van der Waals surface area contributed by atoms with Gasteiger partial charge >= 0.3 is 0 Å². The van der Waals surface area contributed by atoms with Gasteiger partial charge in [0.25, 0.3) is 5.91 Å². The van der Waals surface area contributed by atoms with Crippen molar-refractivity contribution < 1.29 is 9.53 Å². The molecule has 0 spiro atoms. The van der Waals surface area contributed by atoms with Crippen LogP contribution < -0.4 is 5.73 Å². The summed E-state index contributed by atoms with van der Waals surface area (Å²) >= 11 is 0. The van der Waals surface area contributed by atoms with Gasteiger partial charge in [0.15, 0.2) is 5.69 Å². The summed E-state index contributed by atoms with van der Waals surface area (Å²) in [6.07, 6.45) is 0. The van der Waals surface area contributed by atoms with Gasteiger partial charge in [0, 0.05) is 17.6 Å². The number of nitrogens with one attached hydrogen (secondary N) is 1. The lowest BCUT2D eigenvalue weighted by molar-refractivity contribution is 0.00338. The number of benzene rings is 1. The van der Waals surface area contributed by atoms with E-state index in [0.29, 0.717) is 31.1 Å². The van der Waals surface area contributed by atoms with Crippen molar-refractivity contribution in [2.24, 2.45) is 0 Å². The summed E-state index contributed by atoms with van der Waals surface area (Å²) in [7, 11) is 0. The third kappa shape index (κ3) is 2.04. The Morgan fingerprint density at radius 1 is 1.58 bits per heavy atom. The molecule has 6 heteroatoms. The molecule has 1 aliphatic rings. The number of ether oxygens (including phenoxy) is 1. The van der Waals surface area contributed by atoms with E-state index in [1.165, 1.54) is 0 Å². The van der Waals surface area contributed by atoms with Crippen molar-refractivity contribution in [2.45, 2.75) is 13.0 Å². The average Bonchev–Trinajstić information content (AvgIpc) is 2.81. The molecular formula is C13H16N4O2. The van der Waals surface area contributed by atoms with Gasteiger partial charge in [0.05, 0.1) is 24.8 Å². The standard InChI is InChI=1S/C13H16N4O2/c1-8-7-19-5-4-17(8)13(18)12-10-6-9(14)2-3-11(10)15-16-12/h2-3,6,8H,4-5,7,14H2,1H3,(H,15,16). The molecule has 3 rings (SSSR count). The first-order chi connectivity index (χ1) is 9.16. The van der Waals surface area contributed by atoms with E-state index in [-0.39, 0.29) is 11.9 Å². The van der Waals surface area contributed by atoms with E-state index in [4.69, 9.17) is 10.5 Å². The summed E-state index contributed by atoms with van der Waals surface area (Å²) in [6.45, 7) is 3.70. The highest BCUT2D eigenvalue weighted by atomic mass is 16.5. The number of carbonyl (C=O) groups excluding carboxylic acids is 1. The molecule has 1 aromatic carbocycles. The number of morpholine rings is 1. The number of hydrogen-bond acceptors (Lipinski definition) is 4. The minimum Gasteiger partial charge on any atom is -0.399 e. The van der Waals surface area contributed by atoms with Crippen molar-refractivity contribution in [3.8, 4) is 0 Å². The number of carbonyl (C=O) groups is 1. The highest BCUT2D eigenvalue weighted by molar-refractivity contribution is 6.05. The second kappa shape index (κ2) is 4.55. The summed E-state index contributed by atoms with van der Waals surface area (Å²) in [5, 5.41) is 7.77. The van der Waals surface area contributed by atoms with Gasteiger partial charge in [-0.1, -0.05) is 0 Å². The maximum Gasteiger partial charge on any atom is 0.275 e. The van der Waals surface area contributed by atoms with Crippen molar-refractivity contribution in [1.29, 1.82) is 0 Å². The van der Waals surface area contributed by atoms with Crippen LogP contribution >= 0.6 is 0 Å². The molecule has 1 unspecified atom stereocenters. The highest BCUT2D eigenvalue weighted by Gasteiger charge is 2.27. The molecule has 1 fully saturated rings. The normalized spacial score (nSPS) is 19.8. The van der Waals surface area contributed by atoms with Crippen LogP contribution in [0.4, 0.5) is 5.69 Å². The first-order valence-electron chi connectivity index (χ1n) is 6.29. The Hall–Kier alpha value is -2.08. The Kier molecular flexibility index (Phi) is 2.87. The zero-order chi connectivity index (χ0) is 13.4. The lowest BCUT2D eigenvalue weighted by atomic mass is 10.1. The van der Waals surface area contributed by atoms with Crippen LogP contribution in [-0.2, 0) is 4.74 Å². The number of aromatic amines is 1. The molecule has 1 aliphatic heterocycles. The molecule has 0 radical (unpaired) electrons. The van der Waals surface area contributed by atoms with Gasteiger partial charge in [-0.05, 0) is 25.1 Å². The Morgan fingerprint density at radius 2 is 2.42 bits per heavy atom. The zero-order valence-corrected chi connectivity index (χ0v) is 10.7. The molecule has 3 N–H and O–H groups in total. The number of aromatic nitrogens is 2. The average molecular weight is 260 g/mol. The van der Waals surface area contributed by atoms with Gasteiger partial charge in [-0.2, -0.15) is 5.10 Å². The van der Waals surface area contributed by atoms with Crippen molar-refractivity contribution in [1.82, 2.24) is 15.1 Å². The molecule has 1 saturated heterocycles. The lowest BCUT2D eigenvalue weighted by Crippen LogP contribution is -2.47. The fourth-order valence-electron chi connectivity index (χ4n) is 2.36. The number of amides is 1. The predicted octanol–water partition coefficient (Wildman–Crippen LogP) is 1.01. The van der Waals surface area contributed by atoms with E-state index < -0.39 is 0 Å². The molecule has 2 aromatic rings. The minimum absolute atomic E-state index is 0.0639. The van der Waals surface area contributed by atoms with Crippen LogP contribution in [0.1, 0.15) is 17.4 Å². The SMILES string of the molecule is CC1COCCN1C(=O)c1n[nH]c2ccc(N)cc12. The minimum atomic E-state index is -0.0762. The molecule has 19 heavy (non-hydrogen) atoms. The zero-order valence-electron chi connectivity index (χ0n) is 10.7. The Balaban J connectivity index is 1.99. The molecule has 100 valence electrons. The Bertz CT molecular complexity index is 622. The maximum atomic E-state index is 12.5. The molecule has 1 amide bonds. The third-order valence-electron chi connectivity index (χ3n) is 3.42. The number of nitrogens with two attached hydrogens (primary N) is 1. The quantitative estimate of drug-likeness (QED) is 0.749. The number of anilines is 1. The molecule has 1 aromatic heterocycles. The molecule has 0 saturated carbocycles. The van der Waals surface area contributed by atoms with E-state index in [9.17, 15) is 4.79 Å². The molecule has 1 atom stereocenters. The van der Waals surface area contributed by atoms with Gasteiger partial charge in [-0.25, -0.2) is 0 Å². The van der Waals surface area contributed by atoms with Crippen LogP contribution in [0.3, 0.4) is 0 Å². The third-order valence-corrected chi connectivity index (χ3v) is 3.42. The number of nitrogen functional groups attached to an aromatic ring is 1. The Morgan fingerprint density at radius 3 is 3.21 bits per heavy atom. The predicted molar refractivity (Wildman–Crippen MR) is 71.8 cm³/mol. The highest BCUT2D eigenvalue weighted by Crippen LogP contribution is 2.21. The monoisotopic (exact) mass is 260 g/mol. The van der Waals surface area contributed by atoms with E-state index in [1.807, 2.05) is 13.0 Å². The van der Waals surface area contributed by atoms with E-state index >= 15 is 0 Å². The van der Waals surface area contributed by atoms with E-state index in [1.54, 1.807) is 17.0 Å². The first-order valence-corrected chi connectivity index (χ1v) is 6.29. The van der Waals surface area contributed by atoms with Gasteiger partial charge < -0.3 is 15.4 Å². The van der Waals surface area contributed by atoms with Crippen molar-refractivity contribution in [2.75, 3.05) is 25.5 Å². The van der Waals surface area contributed by atoms with Gasteiger partial charge in [-0.3, -0.25) is 9.89 Å². The van der Waals surface area contributed by atoms with Crippen LogP contribution in [0.5, 0.6) is 0 Å². The van der Waals surface area contributed by atoms with Crippen molar-refractivity contribution in [3.63, 3.8) is 0 Å². The van der Waals surface area contributed by atoms with Crippen LogP contribution in [0, 0.1) is 0 Å². The van der Waals surface area contributed by atoms with E-state index in [0.717, 1.165) is 10.9 Å². The topological polar surface area (TPSA) is 84.2 Å². The number of hydrogen-bond donors (Lipinski definition) is 2. The van der Waals surface area contributed by atoms with Crippen LogP contribution in [0.15, 0.2) is 18.2 Å². The maximum absolute atomic E-state index is 12.5. The summed E-state index contributed by atoms with van der Waals surface area (Å²) in [6, 6.07) is 5.45. The van der Waals surface area contributed by atoms with Crippen LogP contribution in [0.25, 0.3) is 10.9 Å². The second-order valence-electron chi connectivity index (χ2n) is 4.80.